The first kappa shape index (κ1) is 16.0. The fraction of sp³-hybridized carbons (Fsp3) is 0.312. The molecule has 0 radical (unpaired) electrons. The van der Waals surface area contributed by atoms with Gasteiger partial charge in [0.1, 0.15) is 4.34 Å². The quantitative estimate of drug-likeness (QED) is 0.924. The first-order valence-electron chi connectivity index (χ1n) is 7.40. The minimum atomic E-state index is -0.0995. The van der Waals surface area contributed by atoms with Gasteiger partial charge in [-0.15, -0.1) is 0 Å². The summed E-state index contributed by atoms with van der Waals surface area (Å²) >= 11 is 7.04. The molecule has 0 spiro atoms. The summed E-state index contributed by atoms with van der Waals surface area (Å²) in [7, 11) is 0. The van der Waals surface area contributed by atoms with Crippen molar-refractivity contribution in [3.8, 4) is 0 Å². The van der Waals surface area contributed by atoms with Crippen molar-refractivity contribution >= 4 is 39.9 Å². The molecule has 1 aliphatic rings. The van der Waals surface area contributed by atoms with E-state index in [0.717, 1.165) is 0 Å². The third-order valence-electron chi connectivity index (χ3n) is 3.88. The molecular formula is C16H16ClN3O2S. The molecule has 1 aliphatic heterocycles. The van der Waals surface area contributed by atoms with Gasteiger partial charge in [-0.3, -0.25) is 9.59 Å². The molecule has 0 aliphatic carbocycles. The molecule has 1 saturated heterocycles. The Bertz CT molecular complexity index is 696. The van der Waals surface area contributed by atoms with Crippen LogP contribution in [0.15, 0.2) is 36.5 Å². The highest BCUT2D eigenvalue weighted by Gasteiger charge is 2.28. The van der Waals surface area contributed by atoms with Crippen LogP contribution in [-0.2, 0) is 4.79 Å². The summed E-state index contributed by atoms with van der Waals surface area (Å²) < 4.78 is 0.545. The number of likely N-dealkylation sites (tertiary alicyclic amines) is 1. The van der Waals surface area contributed by atoms with Gasteiger partial charge >= 0.3 is 0 Å². The standard InChI is InChI=1S/C16H16ClN3O2S/c17-13-10-18-16(23-13)19-14(21)11-6-8-20(9-7-11)15(22)12-4-2-1-3-5-12/h1-5,10-11H,6-9H2,(H,18,19,21). The van der Waals surface area contributed by atoms with Crippen molar-refractivity contribution in [1.29, 1.82) is 0 Å². The number of aromatic nitrogens is 1. The topological polar surface area (TPSA) is 62.3 Å². The molecule has 0 unspecified atom stereocenters. The molecule has 3 rings (SSSR count). The van der Waals surface area contributed by atoms with Gasteiger partial charge in [-0.1, -0.05) is 41.1 Å². The van der Waals surface area contributed by atoms with Gasteiger partial charge in [-0.05, 0) is 25.0 Å². The number of thiazole rings is 1. The molecule has 23 heavy (non-hydrogen) atoms. The molecule has 1 aromatic heterocycles. The normalized spacial score (nSPS) is 15.4. The average Bonchev–Trinajstić information content (AvgIpc) is 3.00. The summed E-state index contributed by atoms with van der Waals surface area (Å²) in [6, 6.07) is 9.22. The van der Waals surface area contributed by atoms with Gasteiger partial charge in [-0.25, -0.2) is 4.98 Å². The smallest absolute Gasteiger partial charge is 0.253 e. The van der Waals surface area contributed by atoms with E-state index in [1.54, 1.807) is 4.90 Å². The van der Waals surface area contributed by atoms with E-state index in [4.69, 9.17) is 11.6 Å². The molecule has 120 valence electrons. The highest BCUT2D eigenvalue weighted by atomic mass is 35.5. The van der Waals surface area contributed by atoms with E-state index in [1.807, 2.05) is 30.3 Å². The molecule has 2 aromatic rings. The summed E-state index contributed by atoms with van der Waals surface area (Å²) in [5.41, 5.74) is 0.688. The molecular weight excluding hydrogens is 334 g/mol. The molecule has 2 amide bonds. The van der Waals surface area contributed by atoms with E-state index in [-0.39, 0.29) is 17.7 Å². The van der Waals surface area contributed by atoms with Crippen LogP contribution < -0.4 is 5.32 Å². The van der Waals surface area contributed by atoms with Gasteiger partial charge < -0.3 is 10.2 Å². The summed E-state index contributed by atoms with van der Waals surface area (Å²) in [5.74, 6) is -0.128. The predicted octanol–water partition coefficient (Wildman–Crippen LogP) is 3.29. The Morgan fingerprint density at radius 1 is 1.22 bits per heavy atom. The molecule has 1 N–H and O–H groups in total. The molecule has 1 fully saturated rings. The summed E-state index contributed by atoms with van der Waals surface area (Å²) in [5, 5.41) is 3.31. The number of benzene rings is 1. The highest BCUT2D eigenvalue weighted by Crippen LogP contribution is 2.25. The molecule has 5 nitrogen and oxygen atoms in total. The lowest BCUT2D eigenvalue weighted by molar-refractivity contribution is -0.121. The van der Waals surface area contributed by atoms with E-state index in [9.17, 15) is 9.59 Å². The molecule has 0 bridgehead atoms. The van der Waals surface area contributed by atoms with Crippen molar-refractivity contribution < 1.29 is 9.59 Å². The first-order chi connectivity index (χ1) is 11.1. The van der Waals surface area contributed by atoms with Crippen LogP contribution in [0.3, 0.4) is 0 Å². The number of anilines is 1. The zero-order valence-electron chi connectivity index (χ0n) is 12.4. The Kier molecular flexibility index (Phi) is 4.93. The third kappa shape index (κ3) is 3.89. The number of nitrogens with one attached hydrogen (secondary N) is 1. The minimum absolute atomic E-state index is 0.0242. The Hall–Kier alpha value is -1.92. The van der Waals surface area contributed by atoms with E-state index in [0.29, 0.717) is 41.0 Å². The van der Waals surface area contributed by atoms with Crippen molar-refractivity contribution in [1.82, 2.24) is 9.88 Å². The van der Waals surface area contributed by atoms with Gasteiger partial charge in [-0.2, -0.15) is 0 Å². The Labute approximate surface area is 143 Å². The molecule has 0 saturated carbocycles. The maximum absolute atomic E-state index is 12.4. The zero-order chi connectivity index (χ0) is 16.2. The number of piperidine rings is 1. The maximum atomic E-state index is 12.4. The number of hydrogen-bond donors (Lipinski definition) is 1. The molecule has 7 heteroatoms. The predicted molar refractivity (Wildman–Crippen MR) is 90.8 cm³/mol. The number of nitrogens with zero attached hydrogens (tertiary/aromatic N) is 2. The average molecular weight is 350 g/mol. The van der Waals surface area contributed by atoms with Crippen LogP contribution in [-0.4, -0.2) is 34.8 Å². The van der Waals surface area contributed by atoms with Gasteiger partial charge in [0.15, 0.2) is 5.13 Å². The van der Waals surface area contributed by atoms with Crippen molar-refractivity contribution in [2.75, 3.05) is 18.4 Å². The van der Waals surface area contributed by atoms with Crippen LogP contribution in [0.5, 0.6) is 0 Å². The second-order valence-electron chi connectivity index (χ2n) is 5.39. The monoisotopic (exact) mass is 349 g/mol. The van der Waals surface area contributed by atoms with Crippen molar-refractivity contribution in [3.63, 3.8) is 0 Å². The molecule has 1 aromatic carbocycles. The Morgan fingerprint density at radius 3 is 2.52 bits per heavy atom. The van der Waals surface area contributed by atoms with Gasteiger partial charge in [0, 0.05) is 24.6 Å². The molecule has 0 atom stereocenters. The number of halogens is 1. The van der Waals surface area contributed by atoms with Gasteiger partial charge in [0.2, 0.25) is 5.91 Å². The minimum Gasteiger partial charge on any atom is -0.339 e. The van der Waals surface area contributed by atoms with Crippen molar-refractivity contribution in [3.05, 3.63) is 46.4 Å². The van der Waals surface area contributed by atoms with Crippen LogP contribution in [0, 0.1) is 5.92 Å². The summed E-state index contributed by atoms with van der Waals surface area (Å²) in [4.78, 5) is 30.4. The fourth-order valence-electron chi connectivity index (χ4n) is 2.63. The number of rotatable bonds is 3. The van der Waals surface area contributed by atoms with Crippen molar-refractivity contribution in [2.45, 2.75) is 12.8 Å². The van der Waals surface area contributed by atoms with Crippen LogP contribution >= 0.6 is 22.9 Å². The van der Waals surface area contributed by atoms with E-state index < -0.39 is 0 Å². The number of carbonyl (C=O) groups is 2. The lowest BCUT2D eigenvalue weighted by Gasteiger charge is -2.31. The second-order valence-corrected chi connectivity index (χ2v) is 7.05. The SMILES string of the molecule is O=C(Nc1ncc(Cl)s1)C1CCN(C(=O)c2ccccc2)CC1. The highest BCUT2D eigenvalue weighted by molar-refractivity contribution is 7.19. The van der Waals surface area contributed by atoms with E-state index in [1.165, 1.54) is 17.5 Å². The van der Waals surface area contributed by atoms with E-state index >= 15 is 0 Å². The lowest BCUT2D eigenvalue weighted by Crippen LogP contribution is -2.41. The fourth-order valence-corrected chi connectivity index (χ4v) is 3.44. The van der Waals surface area contributed by atoms with Gasteiger partial charge in [0.05, 0.1) is 6.20 Å². The Balaban J connectivity index is 1.54. The first-order valence-corrected chi connectivity index (χ1v) is 8.59. The second kappa shape index (κ2) is 7.10. The van der Waals surface area contributed by atoms with Crippen LogP contribution in [0.1, 0.15) is 23.2 Å². The van der Waals surface area contributed by atoms with E-state index in [2.05, 4.69) is 10.3 Å². The van der Waals surface area contributed by atoms with Crippen LogP contribution in [0.4, 0.5) is 5.13 Å². The summed E-state index contributed by atoms with van der Waals surface area (Å²) in [6.45, 7) is 1.18. The number of amides is 2. The zero-order valence-corrected chi connectivity index (χ0v) is 13.9. The van der Waals surface area contributed by atoms with Crippen LogP contribution in [0.25, 0.3) is 0 Å². The van der Waals surface area contributed by atoms with Crippen LogP contribution in [0.2, 0.25) is 4.34 Å². The number of carbonyl (C=O) groups excluding carboxylic acids is 2. The third-order valence-corrected chi connectivity index (χ3v) is 4.91. The van der Waals surface area contributed by atoms with Gasteiger partial charge in [0.25, 0.3) is 5.91 Å². The molecule has 2 heterocycles. The van der Waals surface area contributed by atoms with Crippen molar-refractivity contribution in [2.24, 2.45) is 5.92 Å². The lowest BCUT2D eigenvalue weighted by atomic mass is 9.95. The largest absolute Gasteiger partial charge is 0.339 e. The Morgan fingerprint density at radius 2 is 1.91 bits per heavy atom. The number of hydrogen-bond acceptors (Lipinski definition) is 4. The maximum Gasteiger partial charge on any atom is 0.253 e. The summed E-state index contributed by atoms with van der Waals surface area (Å²) in [6.07, 6.45) is 2.83.